The van der Waals surface area contributed by atoms with Gasteiger partial charge in [-0.15, -0.1) is 0 Å². The molecular formula is C16H17N5O2. The maximum atomic E-state index is 12.1. The number of carbonyl (C=O) groups is 1. The fourth-order valence-corrected chi connectivity index (χ4v) is 2.56. The van der Waals surface area contributed by atoms with E-state index in [9.17, 15) is 4.79 Å². The zero-order valence-corrected chi connectivity index (χ0v) is 12.8. The fourth-order valence-electron chi connectivity index (χ4n) is 2.56. The van der Waals surface area contributed by atoms with Gasteiger partial charge in [0.05, 0.1) is 24.0 Å². The van der Waals surface area contributed by atoms with Crippen LogP contribution in [-0.2, 0) is 17.8 Å². The van der Waals surface area contributed by atoms with Crippen LogP contribution in [0.3, 0.4) is 0 Å². The van der Waals surface area contributed by atoms with Crippen molar-refractivity contribution in [1.29, 1.82) is 0 Å². The number of hydrogen-bond donors (Lipinski definition) is 2. The number of nitrogens with one attached hydrogen (secondary N) is 2. The van der Waals surface area contributed by atoms with Crippen molar-refractivity contribution in [2.45, 2.75) is 38.6 Å². The molecule has 1 amide bonds. The van der Waals surface area contributed by atoms with Gasteiger partial charge in [-0.05, 0) is 37.5 Å². The number of benzene rings is 1. The summed E-state index contributed by atoms with van der Waals surface area (Å²) >= 11 is 0. The minimum atomic E-state index is -0.0710. The Morgan fingerprint density at radius 1 is 1.39 bits per heavy atom. The number of imidazole rings is 1. The molecule has 118 valence electrons. The van der Waals surface area contributed by atoms with E-state index in [2.05, 4.69) is 25.4 Å². The van der Waals surface area contributed by atoms with Crippen LogP contribution in [0.2, 0.25) is 0 Å². The van der Waals surface area contributed by atoms with Crippen LogP contribution >= 0.6 is 0 Å². The number of carbonyl (C=O) groups excluding carboxylic acids is 1. The van der Waals surface area contributed by atoms with Gasteiger partial charge in [-0.25, -0.2) is 4.98 Å². The minimum absolute atomic E-state index is 0.0710. The molecule has 1 aliphatic rings. The van der Waals surface area contributed by atoms with Gasteiger partial charge in [-0.2, -0.15) is 4.98 Å². The molecule has 1 aliphatic carbocycles. The minimum Gasteiger partial charge on any atom is -0.348 e. The van der Waals surface area contributed by atoms with E-state index >= 15 is 0 Å². The lowest BCUT2D eigenvalue weighted by atomic mass is 10.1. The molecule has 0 unspecified atom stereocenters. The molecule has 0 saturated heterocycles. The second-order valence-electron chi connectivity index (χ2n) is 5.95. The SMILES string of the molecule is Cc1nc2ccc(CC(=O)NCc3noc(C4CC4)n3)cc2[nH]1. The number of hydrogen-bond acceptors (Lipinski definition) is 5. The fraction of sp³-hybridized carbons (Fsp3) is 0.375. The molecule has 23 heavy (non-hydrogen) atoms. The van der Waals surface area contributed by atoms with Crippen molar-refractivity contribution in [3.05, 3.63) is 41.3 Å². The maximum absolute atomic E-state index is 12.1. The summed E-state index contributed by atoms with van der Waals surface area (Å²) in [5.74, 6) is 2.44. The second-order valence-corrected chi connectivity index (χ2v) is 5.95. The highest BCUT2D eigenvalue weighted by atomic mass is 16.5. The summed E-state index contributed by atoms with van der Waals surface area (Å²) in [6.07, 6.45) is 2.54. The van der Waals surface area contributed by atoms with Crippen molar-refractivity contribution in [2.75, 3.05) is 0 Å². The first-order valence-electron chi connectivity index (χ1n) is 7.72. The molecular weight excluding hydrogens is 294 g/mol. The van der Waals surface area contributed by atoms with E-state index in [1.807, 2.05) is 25.1 Å². The van der Waals surface area contributed by atoms with Crippen LogP contribution in [0.1, 0.15) is 41.9 Å². The number of aromatic nitrogens is 4. The van der Waals surface area contributed by atoms with Crippen LogP contribution in [0.15, 0.2) is 22.7 Å². The van der Waals surface area contributed by atoms with Gasteiger partial charge in [-0.3, -0.25) is 4.79 Å². The first-order chi connectivity index (χ1) is 11.2. The van der Waals surface area contributed by atoms with Crippen LogP contribution in [0, 0.1) is 6.92 Å². The van der Waals surface area contributed by atoms with E-state index in [0.29, 0.717) is 30.6 Å². The van der Waals surface area contributed by atoms with Crippen molar-refractivity contribution in [3.63, 3.8) is 0 Å². The van der Waals surface area contributed by atoms with Gasteiger partial charge in [0.25, 0.3) is 0 Å². The van der Waals surface area contributed by atoms with Gasteiger partial charge < -0.3 is 14.8 Å². The molecule has 0 spiro atoms. The average Bonchev–Trinajstić information content (AvgIpc) is 3.14. The molecule has 2 aromatic heterocycles. The molecule has 7 nitrogen and oxygen atoms in total. The molecule has 0 atom stereocenters. The molecule has 7 heteroatoms. The summed E-state index contributed by atoms with van der Waals surface area (Å²) in [7, 11) is 0. The van der Waals surface area contributed by atoms with E-state index in [0.717, 1.165) is 35.3 Å². The summed E-state index contributed by atoms with van der Waals surface area (Å²) in [5.41, 5.74) is 2.79. The Morgan fingerprint density at radius 2 is 2.26 bits per heavy atom. The smallest absolute Gasteiger partial charge is 0.229 e. The molecule has 1 aromatic carbocycles. The molecule has 2 N–H and O–H groups in total. The number of aromatic amines is 1. The van der Waals surface area contributed by atoms with Gasteiger partial charge in [0.2, 0.25) is 11.8 Å². The normalized spacial score (nSPS) is 14.3. The standard InChI is InChI=1S/C16H17N5O2/c1-9-18-12-5-2-10(6-13(12)19-9)7-15(22)17-8-14-20-16(23-21-14)11-3-4-11/h2,5-6,11H,3-4,7-8H2,1H3,(H,17,22)(H,18,19). The Labute approximate surface area is 132 Å². The van der Waals surface area contributed by atoms with Crippen molar-refractivity contribution in [3.8, 4) is 0 Å². The molecule has 1 saturated carbocycles. The van der Waals surface area contributed by atoms with Crippen LogP contribution in [0.5, 0.6) is 0 Å². The van der Waals surface area contributed by atoms with Crippen molar-refractivity contribution >= 4 is 16.9 Å². The number of H-pyrrole nitrogens is 1. The number of rotatable bonds is 5. The topological polar surface area (TPSA) is 96.7 Å². The van der Waals surface area contributed by atoms with Gasteiger partial charge in [-0.1, -0.05) is 11.2 Å². The highest BCUT2D eigenvalue weighted by Gasteiger charge is 2.29. The molecule has 3 aromatic rings. The molecule has 0 aliphatic heterocycles. The van der Waals surface area contributed by atoms with Crippen molar-refractivity contribution in [2.24, 2.45) is 0 Å². The Morgan fingerprint density at radius 3 is 3.09 bits per heavy atom. The third-order valence-corrected chi connectivity index (χ3v) is 3.88. The Bertz CT molecular complexity index is 862. The zero-order chi connectivity index (χ0) is 15.8. The maximum Gasteiger partial charge on any atom is 0.229 e. The van der Waals surface area contributed by atoms with Gasteiger partial charge in [0, 0.05) is 5.92 Å². The lowest BCUT2D eigenvalue weighted by molar-refractivity contribution is -0.120. The summed E-state index contributed by atoms with van der Waals surface area (Å²) in [6, 6.07) is 5.79. The molecule has 0 radical (unpaired) electrons. The van der Waals surface area contributed by atoms with Crippen molar-refractivity contribution < 1.29 is 9.32 Å². The third-order valence-electron chi connectivity index (χ3n) is 3.88. The first kappa shape index (κ1) is 13.9. The summed E-state index contributed by atoms with van der Waals surface area (Å²) < 4.78 is 5.17. The zero-order valence-electron chi connectivity index (χ0n) is 12.8. The van der Waals surface area contributed by atoms with Gasteiger partial charge >= 0.3 is 0 Å². The molecule has 1 fully saturated rings. The molecule has 0 bridgehead atoms. The lowest BCUT2D eigenvalue weighted by Gasteiger charge is -2.03. The van der Waals surface area contributed by atoms with E-state index in [1.165, 1.54) is 0 Å². The largest absolute Gasteiger partial charge is 0.348 e. The monoisotopic (exact) mass is 311 g/mol. The Kier molecular flexibility index (Phi) is 3.33. The van der Waals surface area contributed by atoms with Crippen LogP contribution < -0.4 is 5.32 Å². The lowest BCUT2D eigenvalue weighted by Crippen LogP contribution is -2.25. The van der Waals surface area contributed by atoms with Gasteiger partial charge in [0.15, 0.2) is 5.82 Å². The predicted octanol–water partition coefficient (Wildman–Crippen LogP) is 1.99. The Balaban J connectivity index is 1.36. The van der Waals surface area contributed by atoms with E-state index in [-0.39, 0.29) is 5.91 Å². The summed E-state index contributed by atoms with van der Waals surface area (Å²) in [4.78, 5) is 23.9. The second kappa shape index (κ2) is 5.49. The van der Waals surface area contributed by atoms with Crippen molar-refractivity contribution in [1.82, 2.24) is 25.4 Å². The van der Waals surface area contributed by atoms with Crippen LogP contribution in [0.4, 0.5) is 0 Å². The van der Waals surface area contributed by atoms with E-state index < -0.39 is 0 Å². The number of amides is 1. The Hall–Kier alpha value is -2.70. The third kappa shape index (κ3) is 3.08. The van der Waals surface area contributed by atoms with E-state index in [4.69, 9.17) is 4.52 Å². The quantitative estimate of drug-likeness (QED) is 0.751. The average molecular weight is 311 g/mol. The van der Waals surface area contributed by atoms with Crippen LogP contribution in [-0.4, -0.2) is 26.0 Å². The summed E-state index contributed by atoms with van der Waals surface area (Å²) in [6.45, 7) is 2.20. The number of aryl methyl sites for hydroxylation is 1. The molecule has 4 rings (SSSR count). The highest BCUT2D eigenvalue weighted by molar-refractivity contribution is 5.81. The van der Waals surface area contributed by atoms with E-state index in [1.54, 1.807) is 0 Å². The predicted molar refractivity (Wildman–Crippen MR) is 82.7 cm³/mol. The van der Waals surface area contributed by atoms with Gasteiger partial charge in [0.1, 0.15) is 5.82 Å². The number of fused-ring (bicyclic) bond motifs is 1. The van der Waals surface area contributed by atoms with Crippen LogP contribution in [0.25, 0.3) is 11.0 Å². The molecule has 2 heterocycles. The highest BCUT2D eigenvalue weighted by Crippen LogP contribution is 2.38. The number of nitrogens with zero attached hydrogens (tertiary/aromatic N) is 3. The first-order valence-corrected chi connectivity index (χ1v) is 7.72. The summed E-state index contributed by atoms with van der Waals surface area (Å²) in [5, 5.41) is 6.71.